The van der Waals surface area contributed by atoms with Crippen LogP contribution in [-0.4, -0.2) is 21.6 Å². The summed E-state index contributed by atoms with van der Waals surface area (Å²) in [5, 5.41) is 4.17. The summed E-state index contributed by atoms with van der Waals surface area (Å²) in [6.07, 6.45) is 0. The van der Waals surface area contributed by atoms with E-state index in [2.05, 4.69) is 16.0 Å². The maximum absolute atomic E-state index is 14.1. The highest BCUT2D eigenvalue weighted by atomic mass is 19.1. The molecule has 0 fully saturated rings. The molecule has 2 amide bonds. The van der Waals surface area contributed by atoms with Crippen LogP contribution in [0.4, 0.5) is 8.78 Å². The number of carbonyl (C=O) groups excluding carboxylic acids is 2. The van der Waals surface area contributed by atoms with Crippen LogP contribution in [0.15, 0.2) is 42.5 Å². The van der Waals surface area contributed by atoms with Crippen LogP contribution in [0.3, 0.4) is 0 Å². The minimum Gasteiger partial charge on any atom is -0.267 e. The van der Waals surface area contributed by atoms with Crippen LogP contribution < -0.4 is 10.9 Å². The van der Waals surface area contributed by atoms with Gasteiger partial charge in [0.05, 0.1) is 17.0 Å². The van der Waals surface area contributed by atoms with Gasteiger partial charge in [-0.1, -0.05) is 18.2 Å². The first kappa shape index (κ1) is 19.2. The van der Waals surface area contributed by atoms with Gasteiger partial charge >= 0.3 is 0 Å². The van der Waals surface area contributed by atoms with Crippen LogP contribution in [0.1, 0.15) is 37.7 Å². The first-order chi connectivity index (χ1) is 13.3. The molecule has 0 saturated heterocycles. The Morgan fingerprint density at radius 1 is 0.964 bits per heavy atom. The van der Waals surface area contributed by atoms with Gasteiger partial charge < -0.3 is 0 Å². The van der Waals surface area contributed by atoms with Gasteiger partial charge in [-0.3, -0.25) is 20.4 Å². The predicted octanol–water partition coefficient (Wildman–Crippen LogP) is 3.15. The zero-order chi connectivity index (χ0) is 20.4. The summed E-state index contributed by atoms with van der Waals surface area (Å²) < 4.78 is 28.5. The van der Waals surface area contributed by atoms with Crippen molar-refractivity contribution in [3.05, 3.63) is 82.2 Å². The van der Waals surface area contributed by atoms with Crippen molar-refractivity contribution < 1.29 is 18.4 Å². The summed E-state index contributed by atoms with van der Waals surface area (Å²) in [4.78, 5) is 24.8. The number of nitrogens with zero attached hydrogens (tertiary/aromatic N) is 2. The third kappa shape index (κ3) is 3.62. The number of rotatable bonds is 3. The second-order valence-corrected chi connectivity index (χ2v) is 6.28. The minimum absolute atomic E-state index is 0.0185. The molecule has 1 aromatic heterocycles. The highest BCUT2D eigenvalue weighted by molar-refractivity contribution is 6.00. The number of benzene rings is 2. The van der Waals surface area contributed by atoms with Gasteiger partial charge in [0.25, 0.3) is 11.8 Å². The summed E-state index contributed by atoms with van der Waals surface area (Å²) in [6, 6.07) is 10.0. The van der Waals surface area contributed by atoms with Crippen LogP contribution in [0, 0.1) is 32.4 Å². The standard InChI is InChI=1S/C20H18F2N4O2/c1-11-6-4-5-7-15(11)19(27)23-24-20(28)18-12(2)25-26(13(18)3)17-9-8-14(21)10-16(17)22/h4-10H,1-3H3,(H,23,27)(H,24,28). The average Bonchev–Trinajstić information content (AvgIpc) is 2.94. The Morgan fingerprint density at radius 3 is 2.32 bits per heavy atom. The fourth-order valence-electron chi connectivity index (χ4n) is 2.93. The highest BCUT2D eigenvalue weighted by Crippen LogP contribution is 2.20. The lowest BCUT2D eigenvalue weighted by Gasteiger charge is -2.10. The van der Waals surface area contributed by atoms with Gasteiger partial charge in [-0.15, -0.1) is 0 Å². The number of aromatic nitrogens is 2. The Kier molecular flexibility index (Phi) is 5.21. The molecule has 1 heterocycles. The molecule has 0 radical (unpaired) electrons. The fourth-order valence-corrected chi connectivity index (χ4v) is 2.93. The molecule has 3 rings (SSSR count). The Balaban J connectivity index is 1.82. The Hall–Kier alpha value is -3.55. The van der Waals surface area contributed by atoms with E-state index in [0.717, 1.165) is 17.7 Å². The summed E-state index contributed by atoms with van der Waals surface area (Å²) in [5.74, 6) is -2.56. The molecule has 28 heavy (non-hydrogen) atoms. The van der Waals surface area contributed by atoms with Crippen LogP contribution in [-0.2, 0) is 0 Å². The number of hydrogen-bond acceptors (Lipinski definition) is 3. The lowest BCUT2D eigenvalue weighted by Crippen LogP contribution is -2.42. The SMILES string of the molecule is Cc1ccccc1C(=O)NNC(=O)c1c(C)nn(-c2ccc(F)cc2F)c1C. The number of hydrogen-bond donors (Lipinski definition) is 2. The molecule has 0 atom stereocenters. The Labute approximate surface area is 160 Å². The van der Waals surface area contributed by atoms with Gasteiger partial charge in [0.15, 0.2) is 5.82 Å². The van der Waals surface area contributed by atoms with E-state index in [1.807, 2.05) is 0 Å². The number of nitrogens with one attached hydrogen (secondary N) is 2. The van der Waals surface area contributed by atoms with Gasteiger partial charge in [-0.25, -0.2) is 13.5 Å². The molecule has 0 aliphatic heterocycles. The summed E-state index contributed by atoms with van der Waals surface area (Å²) in [6.45, 7) is 4.95. The van der Waals surface area contributed by atoms with E-state index in [0.29, 0.717) is 17.0 Å². The minimum atomic E-state index is -0.801. The monoisotopic (exact) mass is 384 g/mol. The third-order valence-electron chi connectivity index (χ3n) is 4.34. The predicted molar refractivity (Wildman–Crippen MR) is 99.1 cm³/mol. The van der Waals surface area contributed by atoms with Crippen LogP contribution in [0.5, 0.6) is 0 Å². The van der Waals surface area contributed by atoms with Crippen molar-refractivity contribution in [1.82, 2.24) is 20.6 Å². The van der Waals surface area contributed by atoms with Crippen molar-refractivity contribution in [3.63, 3.8) is 0 Å². The summed E-state index contributed by atoms with van der Waals surface area (Å²) in [5.41, 5.74) is 6.80. The number of amides is 2. The van der Waals surface area contributed by atoms with Gasteiger partial charge in [-0.2, -0.15) is 5.10 Å². The molecule has 8 heteroatoms. The zero-order valence-electron chi connectivity index (χ0n) is 15.5. The molecule has 3 aromatic rings. The smallest absolute Gasteiger partial charge is 0.267 e. The molecule has 6 nitrogen and oxygen atoms in total. The maximum atomic E-state index is 14.1. The normalized spacial score (nSPS) is 10.6. The molecular weight excluding hydrogens is 366 g/mol. The summed E-state index contributed by atoms with van der Waals surface area (Å²) in [7, 11) is 0. The van der Waals surface area contributed by atoms with E-state index in [4.69, 9.17) is 0 Å². The van der Waals surface area contributed by atoms with E-state index in [9.17, 15) is 18.4 Å². The first-order valence-electron chi connectivity index (χ1n) is 8.47. The Bertz CT molecular complexity index is 1080. The van der Waals surface area contributed by atoms with E-state index in [-0.39, 0.29) is 11.3 Å². The summed E-state index contributed by atoms with van der Waals surface area (Å²) >= 11 is 0. The second-order valence-electron chi connectivity index (χ2n) is 6.28. The molecule has 0 spiro atoms. The maximum Gasteiger partial charge on any atom is 0.273 e. The van der Waals surface area contributed by atoms with Crippen LogP contribution in [0.25, 0.3) is 5.69 Å². The van der Waals surface area contributed by atoms with E-state index >= 15 is 0 Å². The number of aryl methyl sites for hydroxylation is 2. The fraction of sp³-hybridized carbons (Fsp3) is 0.150. The van der Waals surface area contributed by atoms with Crippen molar-refractivity contribution in [3.8, 4) is 5.69 Å². The number of carbonyl (C=O) groups is 2. The molecule has 144 valence electrons. The molecule has 0 bridgehead atoms. The molecule has 0 aliphatic carbocycles. The highest BCUT2D eigenvalue weighted by Gasteiger charge is 2.21. The van der Waals surface area contributed by atoms with Crippen LogP contribution in [0.2, 0.25) is 0 Å². The average molecular weight is 384 g/mol. The quantitative estimate of drug-likeness (QED) is 0.681. The zero-order valence-corrected chi connectivity index (χ0v) is 15.5. The van der Waals surface area contributed by atoms with Gasteiger partial charge in [0, 0.05) is 11.6 Å². The van der Waals surface area contributed by atoms with Crippen molar-refractivity contribution >= 4 is 11.8 Å². The molecule has 0 unspecified atom stereocenters. The van der Waals surface area contributed by atoms with E-state index < -0.39 is 23.4 Å². The molecule has 2 aromatic carbocycles. The number of hydrazine groups is 1. The van der Waals surface area contributed by atoms with Crippen LogP contribution >= 0.6 is 0 Å². The van der Waals surface area contributed by atoms with Crippen molar-refractivity contribution in [2.45, 2.75) is 20.8 Å². The molecule has 0 aliphatic rings. The topological polar surface area (TPSA) is 76.0 Å². The lowest BCUT2D eigenvalue weighted by molar-refractivity contribution is 0.0845. The Morgan fingerprint density at radius 2 is 1.64 bits per heavy atom. The van der Waals surface area contributed by atoms with Gasteiger partial charge in [0.1, 0.15) is 11.5 Å². The number of halogens is 2. The molecule has 2 N–H and O–H groups in total. The molecular formula is C20H18F2N4O2. The molecule has 0 saturated carbocycles. The third-order valence-corrected chi connectivity index (χ3v) is 4.34. The first-order valence-corrected chi connectivity index (χ1v) is 8.47. The van der Waals surface area contributed by atoms with E-state index in [1.165, 1.54) is 10.7 Å². The van der Waals surface area contributed by atoms with Gasteiger partial charge in [0.2, 0.25) is 0 Å². The second kappa shape index (κ2) is 7.59. The van der Waals surface area contributed by atoms with Crippen molar-refractivity contribution in [2.75, 3.05) is 0 Å². The van der Waals surface area contributed by atoms with Gasteiger partial charge in [-0.05, 0) is 44.5 Å². The largest absolute Gasteiger partial charge is 0.273 e. The van der Waals surface area contributed by atoms with E-state index in [1.54, 1.807) is 45.0 Å². The van der Waals surface area contributed by atoms with Crippen molar-refractivity contribution in [2.24, 2.45) is 0 Å². The lowest BCUT2D eigenvalue weighted by atomic mass is 10.1. The van der Waals surface area contributed by atoms with Crippen molar-refractivity contribution in [1.29, 1.82) is 0 Å².